The average molecular weight is 309 g/mol. The van der Waals surface area contributed by atoms with Gasteiger partial charge < -0.3 is 0 Å². The molecule has 1 unspecified atom stereocenters. The number of halogens is 1. The summed E-state index contributed by atoms with van der Waals surface area (Å²) in [4.78, 5) is 0. The van der Waals surface area contributed by atoms with E-state index >= 15 is 0 Å². The topological polar surface area (TPSA) is 0 Å². The van der Waals surface area contributed by atoms with Gasteiger partial charge in [0.2, 0.25) is 0 Å². The third-order valence-corrected chi connectivity index (χ3v) is 5.34. The van der Waals surface area contributed by atoms with Gasteiger partial charge in [0, 0.05) is 5.33 Å². The first-order chi connectivity index (χ1) is 8.81. The molecular formula is C17H25Br. The van der Waals surface area contributed by atoms with Crippen molar-refractivity contribution >= 4 is 15.9 Å². The van der Waals surface area contributed by atoms with E-state index in [-0.39, 0.29) is 0 Å². The molecule has 0 amide bonds. The second kappa shape index (κ2) is 7.33. The third kappa shape index (κ3) is 3.85. The summed E-state index contributed by atoms with van der Waals surface area (Å²) in [5.41, 5.74) is 3.00. The van der Waals surface area contributed by atoms with Crippen molar-refractivity contribution in [3.8, 4) is 0 Å². The molecule has 0 aromatic heterocycles. The number of alkyl halides is 1. The highest BCUT2D eigenvalue weighted by molar-refractivity contribution is 9.09. The van der Waals surface area contributed by atoms with Crippen LogP contribution in [0.4, 0.5) is 0 Å². The van der Waals surface area contributed by atoms with Crippen LogP contribution in [0.15, 0.2) is 24.3 Å². The zero-order valence-electron chi connectivity index (χ0n) is 11.5. The van der Waals surface area contributed by atoms with Crippen LogP contribution in [0.1, 0.15) is 49.7 Å². The lowest BCUT2D eigenvalue weighted by Gasteiger charge is -2.25. The molecule has 1 fully saturated rings. The summed E-state index contributed by atoms with van der Waals surface area (Å²) in [5, 5.41) is 1.16. The molecule has 0 bridgehead atoms. The molecule has 1 saturated carbocycles. The Balaban J connectivity index is 2.02. The molecule has 0 spiro atoms. The van der Waals surface area contributed by atoms with Crippen molar-refractivity contribution in [2.45, 2.75) is 51.9 Å². The Kier molecular flexibility index (Phi) is 5.75. The predicted octanol–water partition coefficient (Wildman–Crippen LogP) is 5.52. The minimum Gasteiger partial charge on any atom is -0.0925 e. The van der Waals surface area contributed by atoms with E-state index in [1.165, 1.54) is 50.5 Å². The quantitative estimate of drug-likeness (QED) is 0.507. The summed E-state index contributed by atoms with van der Waals surface area (Å²) in [6.45, 7) is 2.24. The highest BCUT2D eigenvalue weighted by atomic mass is 79.9. The van der Waals surface area contributed by atoms with Crippen molar-refractivity contribution in [1.29, 1.82) is 0 Å². The maximum atomic E-state index is 3.76. The molecule has 0 aliphatic heterocycles. The number of rotatable bonds is 4. The van der Waals surface area contributed by atoms with E-state index in [1.807, 2.05) is 0 Å². The monoisotopic (exact) mass is 308 g/mol. The van der Waals surface area contributed by atoms with E-state index in [1.54, 1.807) is 5.56 Å². The molecule has 2 rings (SSSR count). The molecule has 1 aliphatic rings. The molecule has 1 heteroatoms. The molecule has 1 atom stereocenters. The molecule has 0 nitrogen and oxygen atoms in total. The molecule has 0 saturated heterocycles. The van der Waals surface area contributed by atoms with Crippen LogP contribution in [-0.4, -0.2) is 5.33 Å². The summed E-state index contributed by atoms with van der Waals surface area (Å²) in [5.74, 6) is 1.76. The first-order valence-electron chi connectivity index (χ1n) is 7.41. The summed E-state index contributed by atoms with van der Waals surface area (Å²) < 4.78 is 0. The molecule has 18 heavy (non-hydrogen) atoms. The van der Waals surface area contributed by atoms with Crippen molar-refractivity contribution in [2.75, 3.05) is 5.33 Å². The van der Waals surface area contributed by atoms with Crippen LogP contribution in [0.2, 0.25) is 0 Å². The number of hydrogen-bond acceptors (Lipinski definition) is 0. The van der Waals surface area contributed by atoms with Crippen molar-refractivity contribution in [3.05, 3.63) is 35.4 Å². The van der Waals surface area contributed by atoms with Crippen molar-refractivity contribution in [1.82, 2.24) is 0 Å². The molecular weight excluding hydrogens is 284 g/mol. The van der Waals surface area contributed by atoms with E-state index in [2.05, 4.69) is 47.1 Å². The molecule has 100 valence electrons. The van der Waals surface area contributed by atoms with E-state index in [0.29, 0.717) is 0 Å². The Morgan fingerprint density at radius 2 is 1.78 bits per heavy atom. The Hall–Kier alpha value is -0.300. The van der Waals surface area contributed by atoms with Crippen molar-refractivity contribution in [2.24, 2.45) is 11.8 Å². The summed E-state index contributed by atoms with van der Waals surface area (Å²) in [7, 11) is 0. The van der Waals surface area contributed by atoms with Gasteiger partial charge in [0.15, 0.2) is 0 Å². The summed E-state index contributed by atoms with van der Waals surface area (Å²) in [6.07, 6.45) is 9.95. The minimum atomic E-state index is 0.823. The van der Waals surface area contributed by atoms with E-state index in [4.69, 9.17) is 0 Å². The molecule has 0 radical (unpaired) electrons. The fraction of sp³-hybridized carbons (Fsp3) is 0.647. The molecule has 0 heterocycles. The van der Waals surface area contributed by atoms with E-state index in [9.17, 15) is 0 Å². The van der Waals surface area contributed by atoms with E-state index < -0.39 is 0 Å². The van der Waals surface area contributed by atoms with Crippen molar-refractivity contribution in [3.63, 3.8) is 0 Å². The fourth-order valence-electron chi connectivity index (χ4n) is 3.25. The van der Waals surface area contributed by atoms with Crippen LogP contribution in [0.25, 0.3) is 0 Å². The molecule has 1 aromatic carbocycles. The van der Waals surface area contributed by atoms with Gasteiger partial charge in [-0.1, -0.05) is 78.7 Å². The average Bonchev–Trinajstić information content (AvgIpc) is 2.67. The Labute approximate surface area is 120 Å². The van der Waals surface area contributed by atoms with Crippen LogP contribution in [-0.2, 0) is 6.42 Å². The van der Waals surface area contributed by atoms with Crippen LogP contribution in [0.5, 0.6) is 0 Å². The van der Waals surface area contributed by atoms with Gasteiger partial charge in [-0.25, -0.2) is 0 Å². The lowest BCUT2D eigenvalue weighted by atomic mass is 9.82. The Morgan fingerprint density at radius 3 is 2.39 bits per heavy atom. The lowest BCUT2D eigenvalue weighted by molar-refractivity contribution is 0.324. The predicted molar refractivity (Wildman–Crippen MR) is 83.4 cm³/mol. The first-order valence-corrected chi connectivity index (χ1v) is 8.54. The standard InChI is InChI=1S/C17H25Br/c1-14-8-6-7-11-16(14)12-17(13-18)15-9-4-2-3-5-10-15/h6-8,11,15,17H,2-5,9-10,12-13H2,1H3. The second-order valence-corrected chi connectivity index (χ2v) is 6.44. The van der Waals surface area contributed by atoms with E-state index in [0.717, 1.165) is 17.2 Å². The third-order valence-electron chi connectivity index (χ3n) is 4.51. The van der Waals surface area contributed by atoms with Crippen LogP contribution < -0.4 is 0 Å². The maximum absolute atomic E-state index is 3.76. The van der Waals surface area contributed by atoms with Gasteiger partial charge in [0.1, 0.15) is 0 Å². The number of hydrogen-bond donors (Lipinski definition) is 0. The van der Waals surface area contributed by atoms with Gasteiger partial charge in [-0.05, 0) is 36.3 Å². The van der Waals surface area contributed by atoms with Gasteiger partial charge >= 0.3 is 0 Å². The maximum Gasteiger partial charge on any atom is 0.00654 e. The normalized spacial score (nSPS) is 19.4. The number of aryl methyl sites for hydroxylation is 1. The number of benzene rings is 1. The fourth-order valence-corrected chi connectivity index (χ4v) is 4.01. The molecule has 1 aliphatic carbocycles. The smallest absolute Gasteiger partial charge is 0.00654 e. The van der Waals surface area contributed by atoms with Gasteiger partial charge in [-0.2, -0.15) is 0 Å². The minimum absolute atomic E-state index is 0.823. The van der Waals surface area contributed by atoms with Crippen LogP contribution in [0.3, 0.4) is 0 Å². The van der Waals surface area contributed by atoms with Gasteiger partial charge in [-0.3, -0.25) is 0 Å². The van der Waals surface area contributed by atoms with Gasteiger partial charge in [-0.15, -0.1) is 0 Å². The highest BCUT2D eigenvalue weighted by Gasteiger charge is 2.22. The van der Waals surface area contributed by atoms with Crippen LogP contribution in [0, 0.1) is 18.8 Å². The largest absolute Gasteiger partial charge is 0.0925 e. The Morgan fingerprint density at radius 1 is 1.11 bits per heavy atom. The highest BCUT2D eigenvalue weighted by Crippen LogP contribution is 2.32. The van der Waals surface area contributed by atoms with Gasteiger partial charge in [0.25, 0.3) is 0 Å². The summed E-state index contributed by atoms with van der Waals surface area (Å²) in [6, 6.07) is 8.88. The first kappa shape index (κ1) is 14.1. The second-order valence-electron chi connectivity index (χ2n) is 5.80. The van der Waals surface area contributed by atoms with Crippen LogP contribution >= 0.6 is 15.9 Å². The molecule has 1 aromatic rings. The van der Waals surface area contributed by atoms with Crippen molar-refractivity contribution < 1.29 is 0 Å². The zero-order valence-corrected chi connectivity index (χ0v) is 13.1. The molecule has 0 N–H and O–H groups in total. The lowest BCUT2D eigenvalue weighted by Crippen LogP contribution is -2.19. The Bertz CT molecular complexity index is 350. The zero-order chi connectivity index (χ0) is 12.8. The summed E-state index contributed by atoms with van der Waals surface area (Å²) >= 11 is 3.76. The van der Waals surface area contributed by atoms with Gasteiger partial charge in [0.05, 0.1) is 0 Å². The SMILES string of the molecule is Cc1ccccc1CC(CBr)C1CCCCCC1.